The molecule has 1 aliphatic carbocycles. The minimum atomic E-state index is -0.440. The molecule has 0 radical (unpaired) electrons. The molecule has 0 bridgehead atoms. The van der Waals surface area contributed by atoms with Crippen molar-refractivity contribution in [2.75, 3.05) is 6.61 Å². The molecule has 1 aliphatic rings. The van der Waals surface area contributed by atoms with E-state index < -0.39 is 5.60 Å². The Kier molecular flexibility index (Phi) is 5.58. The van der Waals surface area contributed by atoms with E-state index in [2.05, 4.69) is 24.4 Å². The molecule has 0 spiro atoms. The van der Waals surface area contributed by atoms with E-state index in [9.17, 15) is 5.11 Å². The van der Waals surface area contributed by atoms with Gasteiger partial charge in [-0.3, -0.25) is 0 Å². The predicted molar refractivity (Wildman–Crippen MR) is 81.5 cm³/mol. The highest BCUT2D eigenvalue weighted by Gasteiger charge is 2.35. The summed E-state index contributed by atoms with van der Waals surface area (Å²) in [6.07, 6.45) is 5.55. The number of hydrogen-bond acceptors (Lipinski definition) is 3. The van der Waals surface area contributed by atoms with Crippen molar-refractivity contribution < 1.29 is 10.2 Å². The van der Waals surface area contributed by atoms with Crippen LogP contribution in [0.5, 0.6) is 0 Å². The van der Waals surface area contributed by atoms with Crippen molar-refractivity contribution in [2.45, 2.75) is 63.1 Å². The summed E-state index contributed by atoms with van der Waals surface area (Å²) in [5.41, 5.74) is 0.818. The van der Waals surface area contributed by atoms with Crippen molar-refractivity contribution in [1.29, 1.82) is 0 Å². The molecule has 0 heterocycles. The lowest BCUT2D eigenvalue weighted by atomic mass is 9.76. The molecule has 1 saturated carbocycles. The molecule has 2 atom stereocenters. The zero-order valence-electron chi connectivity index (χ0n) is 12.4. The first kappa shape index (κ1) is 15.5. The standard InChI is InChI=1S/C17H27NO2/c1-14(13-17(20)10-6-11-17)18-16(9-5-12-19)15-7-3-2-4-8-15/h2-4,7-8,14,16,18-20H,5-6,9-13H2,1H3. The summed E-state index contributed by atoms with van der Waals surface area (Å²) in [5, 5.41) is 22.9. The van der Waals surface area contributed by atoms with Crippen LogP contribution in [-0.2, 0) is 0 Å². The third-order valence-corrected chi connectivity index (χ3v) is 4.31. The van der Waals surface area contributed by atoms with Crippen LogP contribution in [0.15, 0.2) is 30.3 Å². The van der Waals surface area contributed by atoms with Crippen LogP contribution in [0.1, 0.15) is 57.1 Å². The average Bonchev–Trinajstić information content (AvgIpc) is 2.42. The third-order valence-electron chi connectivity index (χ3n) is 4.31. The highest BCUT2D eigenvalue weighted by atomic mass is 16.3. The van der Waals surface area contributed by atoms with E-state index in [-0.39, 0.29) is 18.7 Å². The van der Waals surface area contributed by atoms with Crippen LogP contribution in [0, 0.1) is 0 Å². The Bertz CT molecular complexity index is 389. The van der Waals surface area contributed by atoms with Gasteiger partial charge in [0.1, 0.15) is 0 Å². The molecule has 1 aromatic carbocycles. The topological polar surface area (TPSA) is 52.5 Å². The Labute approximate surface area is 122 Å². The summed E-state index contributed by atoms with van der Waals surface area (Å²) < 4.78 is 0. The lowest BCUT2D eigenvalue weighted by Crippen LogP contribution is -2.44. The molecule has 1 aromatic rings. The number of aliphatic hydroxyl groups is 2. The average molecular weight is 277 g/mol. The normalized spacial score (nSPS) is 20.1. The van der Waals surface area contributed by atoms with E-state index in [1.54, 1.807) is 0 Å². The number of nitrogens with one attached hydrogen (secondary N) is 1. The van der Waals surface area contributed by atoms with Crippen LogP contribution in [0.25, 0.3) is 0 Å². The van der Waals surface area contributed by atoms with Gasteiger partial charge in [0.25, 0.3) is 0 Å². The molecule has 1 fully saturated rings. The lowest BCUT2D eigenvalue weighted by molar-refractivity contribution is -0.0471. The van der Waals surface area contributed by atoms with Gasteiger partial charge in [0, 0.05) is 18.7 Å². The molecular weight excluding hydrogens is 250 g/mol. The van der Waals surface area contributed by atoms with Gasteiger partial charge in [-0.25, -0.2) is 0 Å². The molecule has 0 aromatic heterocycles. The summed E-state index contributed by atoms with van der Waals surface area (Å²) in [6, 6.07) is 10.9. The van der Waals surface area contributed by atoms with Crippen molar-refractivity contribution in [1.82, 2.24) is 5.32 Å². The third kappa shape index (κ3) is 4.30. The van der Waals surface area contributed by atoms with Gasteiger partial charge in [-0.15, -0.1) is 0 Å². The van der Waals surface area contributed by atoms with E-state index >= 15 is 0 Å². The lowest BCUT2D eigenvalue weighted by Gasteiger charge is -2.39. The molecule has 3 nitrogen and oxygen atoms in total. The van der Waals surface area contributed by atoms with Gasteiger partial charge in [-0.05, 0) is 51.0 Å². The van der Waals surface area contributed by atoms with E-state index in [0.717, 1.165) is 38.5 Å². The van der Waals surface area contributed by atoms with Gasteiger partial charge >= 0.3 is 0 Å². The quantitative estimate of drug-likeness (QED) is 0.685. The zero-order valence-corrected chi connectivity index (χ0v) is 12.4. The Hall–Kier alpha value is -0.900. The molecule has 2 unspecified atom stereocenters. The van der Waals surface area contributed by atoms with E-state index in [0.29, 0.717) is 0 Å². The van der Waals surface area contributed by atoms with Gasteiger partial charge < -0.3 is 15.5 Å². The number of benzene rings is 1. The first-order valence-corrected chi connectivity index (χ1v) is 7.77. The highest BCUT2D eigenvalue weighted by Crippen LogP contribution is 2.36. The fourth-order valence-electron chi connectivity index (χ4n) is 3.09. The van der Waals surface area contributed by atoms with Gasteiger partial charge in [0.05, 0.1) is 5.60 Å². The van der Waals surface area contributed by atoms with Crippen molar-refractivity contribution in [3.63, 3.8) is 0 Å². The van der Waals surface area contributed by atoms with Crippen molar-refractivity contribution in [3.05, 3.63) is 35.9 Å². The van der Waals surface area contributed by atoms with Crippen molar-refractivity contribution >= 4 is 0 Å². The van der Waals surface area contributed by atoms with Crippen LogP contribution in [0.2, 0.25) is 0 Å². The molecule has 0 saturated heterocycles. The molecule has 0 aliphatic heterocycles. The van der Waals surface area contributed by atoms with Crippen molar-refractivity contribution in [2.24, 2.45) is 0 Å². The molecule has 112 valence electrons. The van der Waals surface area contributed by atoms with Crippen LogP contribution in [0.4, 0.5) is 0 Å². The zero-order chi connectivity index (χ0) is 14.4. The first-order valence-electron chi connectivity index (χ1n) is 7.77. The maximum Gasteiger partial charge on any atom is 0.0662 e. The second-order valence-corrected chi connectivity index (χ2v) is 6.18. The summed E-state index contributed by atoms with van der Waals surface area (Å²) in [5.74, 6) is 0. The monoisotopic (exact) mass is 277 g/mol. The smallest absolute Gasteiger partial charge is 0.0662 e. The van der Waals surface area contributed by atoms with E-state index in [4.69, 9.17) is 5.11 Å². The van der Waals surface area contributed by atoms with Gasteiger partial charge in [-0.2, -0.15) is 0 Å². The molecule has 2 rings (SSSR count). The van der Waals surface area contributed by atoms with Crippen LogP contribution in [0.3, 0.4) is 0 Å². The largest absolute Gasteiger partial charge is 0.396 e. The highest BCUT2D eigenvalue weighted by molar-refractivity contribution is 5.19. The number of rotatable bonds is 8. The maximum atomic E-state index is 10.3. The number of aliphatic hydroxyl groups excluding tert-OH is 1. The first-order chi connectivity index (χ1) is 9.63. The fourth-order valence-corrected chi connectivity index (χ4v) is 3.09. The summed E-state index contributed by atoms with van der Waals surface area (Å²) in [6.45, 7) is 2.37. The Balaban J connectivity index is 1.93. The molecule has 0 amide bonds. The minimum Gasteiger partial charge on any atom is -0.396 e. The second kappa shape index (κ2) is 7.21. The Morgan fingerprint density at radius 3 is 2.50 bits per heavy atom. The van der Waals surface area contributed by atoms with Crippen LogP contribution < -0.4 is 5.32 Å². The summed E-state index contributed by atoms with van der Waals surface area (Å²) in [7, 11) is 0. The van der Waals surface area contributed by atoms with E-state index in [1.165, 1.54) is 5.56 Å². The SMILES string of the molecule is CC(CC1(O)CCC1)NC(CCCO)c1ccccc1. The fraction of sp³-hybridized carbons (Fsp3) is 0.647. The van der Waals surface area contributed by atoms with Crippen LogP contribution in [-0.4, -0.2) is 28.5 Å². The minimum absolute atomic E-state index is 0.226. The number of hydrogen-bond donors (Lipinski definition) is 3. The second-order valence-electron chi connectivity index (χ2n) is 6.18. The van der Waals surface area contributed by atoms with Crippen LogP contribution >= 0.6 is 0 Å². The predicted octanol–water partition coefficient (Wildman–Crippen LogP) is 2.78. The Morgan fingerprint density at radius 1 is 1.25 bits per heavy atom. The van der Waals surface area contributed by atoms with E-state index in [1.807, 2.05) is 18.2 Å². The van der Waals surface area contributed by atoms with Crippen molar-refractivity contribution in [3.8, 4) is 0 Å². The molecule has 20 heavy (non-hydrogen) atoms. The maximum absolute atomic E-state index is 10.3. The molecule has 3 N–H and O–H groups in total. The Morgan fingerprint density at radius 2 is 1.95 bits per heavy atom. The van der Waals surface area contributed by atoms with Gasteiger partial charge in [0.15, 0.2) is 0 Å². The molecule has 3 heteroatoms. The molecular formula is C17H27NO2. The van der Waals surface area contributed by atoms with Gasteiger partial charge in [-0.1, -0.05) is 30.3 Å². The van der Waals surface area contributed by atoms with Gasteiger partial charge in [0.2, 0.25) is 0 Å². The summed E-state index contributed by atoms with van der Waals surface area (Å²) in [4.78, 5) is 0. The summed E-state index contributed by atoms with van der Waals surface area (Å²) >= 11 is 0.